The van der Waals surface area contributed by atoms with E-state index in [4.69, 9.17) is 0 Å². The van der Waals surface area contributed by atoms with Crippen molar-refractivity contribution in [3.05, 3.63) is 41.1 Å². The molecule has 8 heteroatoms. The Morgan fingerprint density at radius 2 is 2.04 bits per heavy atom. The number of hydrogen-bond donors (Lipinski definition) is 3. The number of halogens is 3. The maximum absolute atomic E-state index is 13.7. The summed E-state index contributed by atoms with van der Waals surface area (Å²) in [4.78, 5) is 12.6. The van der Waals surface area contributed by atoms with Crippen LogP contribution in [-0.2, 0) is 0 Å². The number of phenols is 1. The summed E-state index contributed by atoms with van der Waals surface area (Å²) in [5.74, 6) is -1.83. The van der Waals surface area contributed by atoms with Gasteiger partial charge < -0.3 is 10.2 Å². The van der Waals surface area contributed by atoms with Crippen molar-refractivity contribution in [2.24, 2.45) is 5.92 Å². The molecule has 1 aromatic carbocycles. The lowest BCUT2D eigenvalue weighted by molar-refractivity contribution is -0.288. The average Bonchev–Trinajstić information content (AvgIpc) is 2.83. The first-order valence-corrected chi connectivity index (χ1v) is 7.59. The minimum Gasteiger partial charge on any atom is -0.507 e. The third-order valence-corrected chi connectivity index (χ3v) is 4.59. The zero-order valence-electron chi connectivity index (χ0n) is 12.9. The van der Waals surface area contributed by atoms with E-state index in [0.717, 1.165) is 0 Å². The number of hydrogen-bond acceptors (Lipinski definition) is 4. The fraction of sp³-hybridized carbons (Fsp3) is 0.438. The number of carbonyl (C=O) groups is 1. The zero-order chi connectivity index (χ0) is 17.7. The van der Waals surface area contributed by atoms with Crippen LogP contribution in [0.2, 0.25) is 0 Å². The maximum Gasteiger partial charge on any atom is 0.442 e. The number of aliphatic hydroxyl groups is 1. The fourth-order valence-corrected chi connectivity index (χ4v) is 3.31. The van der Waals surface area contributed by atoms with E-state index in [1.54, 1.807) is 6.92 Å². The van der Waals surface area contributed by atoms with Gasteiger partial charge in [-0.05, 0) is 37.3 Å². The van der Waals surface area contributed by atoms with Gasteiger partial charge in [0.25, 0.3) is 11.6 Å². The highest BCUT2D eigenvalue weighted by Gasteiger charge is 2.66. The molecule has 24 heavy (non-hydrogen) atoms. The predicted molar refractivity (Wildman–Crippen MR) is 78.5 cm³/mol. The number of alkyl halides is 3. The smallest absolute Gasteiger partial charge is 0.442 e. The minimum absolute atomic E-state index is 0.0488. The van der Waals surface area contributed by atoms with E-state index in [-0.39, 0.29) is 34.2 Å². The Bertz CT molecular complexity index is 717. The van der Waals surface area contributed by atoms with E-state index in [1.165, 1.54) is 24.3 Å². The van der Waals surface area contributed by atoms with Gasteiger partial charge in [0.1, 0.15) is 5.75 Å². The molecule has 3 N–H and O–H groups in total. The summed E-state index contributed by atoms with van der Waals surface area (Å²) >= 11 is 0. The van der Waals surface area contributed by atoms with Crippen molar-refractivity contribution in [2.75, 3.05) is 0 Å². The van der Waals surface area contributed by atoms with Gasteiger partial charge in [0.15, 0.2) is 0 Å². The van der Waals surface area contributed by atoms with E-state index in [2.05, 4.69) is 5.43 Å². The number of para-hydroxylation sites is 1. The number of benzene rings is 1. The molecule has 130 valence electrons. The van der Waals surface area contributed by atoms with Gasteiger partial charge in [0, 0.05) is 11.3 Å². The summed E-state index contributed by atoms with van der Waals surface area (Å²) in [7, 11) is 0. The standard InChI is InChI=1S/C16H17F3N2O3/c1-9-5-4-7-11-13(9)20-21(15(11,24)16(17,18)19)14(23)10-6-2-3-8-12(10)22/h2-3,6,8-9,20,22,24H,4-5,7H2,1H3/t9-,15-/m0/s1. The van der Waals surface area contributed by atoms with Gasteiger partial charge in [-0.15, -0.1) is 0 Å². The number of nitrogens with one attached hydrogen (secondary N) is 1. The third-order valence-electron chi connectivity index (χ3n) is 4.59. The van der Waals surface area contributed by atoms with Crippen molar-refractivity contribution in [1.29, 1.82) is 0 Å². The Balaban J connectivity index is 2.09. The van der Waals surface area contributed by atoms with Crippen molar-refractivity contribution in [2.45, 2.75) is 38.1 Å². The van der Waals surface area contributed by atoms with Gasteiger partial charge in [0.05, 0.1) is 5.56 Å². The average molecular weight is 342 g/mol. The van der Waals surface area contributed by atoms with E-state index in [0.29, 0.717) is 12.8 Å². The molecule has 1 aliphatic carbocycles. The number of amides is 1. The van der Waals surface area contributed by atoms with Gasteiger partial charge in [-0.3, -0.25) is 10.2 Å². The van der Waals surface area contributed by atoms with Crippen LogP contribution < -0.4 is 5.43 Å². The maximum atomic E-state index is 13.7. The van der Waals surface area contributed by atoms with E-state index in [9.17, 15) is 28.2 Å². The Labute approximate surface area is 136 Å². The summed E-state index contributed by atoms with van der Waals surface area (Å²) in [6.07, 6.45) is -3.86. The van der Waals surface area contributed by atoms with Crippen LogP contribution in [0.4, 0.5) is 13.2 Å². The molecule has 1 aromatic rings. The van der Waals surface area contributed by atoms with Crippen molar-refractivity contribution in [1.82, 2.24) is 10.4 Å². The number of allylic oxidation sites excluding steroid dienone is 1. The van der Waals surface area contributed by atoms with E-state index < -0.39 is 23.6 Å². The van der Waals surface area contributed by atoms with Crippen LogP contribution in [0.1, 0.15) is 36.5 Å². The van der Waals surface area contributed by atoms with Gasteiger partial charge in [-0.25, -0.2) is 5.01 Å². The molecular formula is C16H17F3N2O3. The Morgan fingerprint density at radius 1 is 1.38 bits per heavy atom. The van der Waals surface area contributed by atoms with Crippen molar-refractivity contribution >= 4 is 5.91 Å². The molecule has 5 nitrogen and oxygen atoms in total. The summed E-state index contributed by atoms with van der Waals surface area (Å²) in [6.45, 7) is 1.74. The summed E-state index contributed by atoms with van der Waals surface area (Å²) in [5.41, 5.74) is -1.29. The lowest BCUT2D eigenvalue weighted by atomic mass is 9.84. The third kappa shape index (κ3) is 2.24. The molecule has 2 atom stereocenters. The van der Waals surface area contributed by atoms with Crippen LogP contribution in [0, 0.1) is 5.92 Å². The molecule has 0 aromatic heterocycles. The second kappa shape index (κ2) is 5.41. The number of nitrogens with zero attached hydrogens (tertiary/aromatic N) is 1. The van der Waals surface area contributed by atoms with Crippen LogP contribution in [0.3, 0.4) is 0 Å². The van der Waals surface area contributed by atoms with Crippen LogP contribution >= 0.6 is 0 Å². The molecule has 0 saturated heterocycles. The molecule has 3 rings (SSSR count). The van der Waals surface area contributed by atoms with Crippen LogP contribution in [-0.4, -0.2) is 33.0 Å². The molecule has 0 saturated carbocycles. The highest BCUT2D eigenvalue weighted by molar-refractivity contribution is 5.97. The van der Waals surface area contributed by atoms with Gasteiger partial charge in [-0.2, -0.15) is 13.2 Å². The first kappa shape index (κ1) is 16.6. The van der Waals surface area contributed by atoms with E-state index >= 15 is 0 Å². The number of carbonyl (C=O) groups excluding carboxylic acids is 1. The minimum atomic E-state index is -5.08. The van der Waals surface area contributed by atoms with Crippen molar-refractivity contribution in [3.63, 3.8) is 0 Å². The second-order valence-electron chi connectivity index (χ2n) is 6.12. The summed E-state index contributed by atoms with van der Waals surface area (Å²) in [6, 6.07) is 5.28. The first-order valence-electron chi connectivity index (χ1n) is 7.59. The quantitative estimate of drug-likeness (QED) is 0.734. The summed E-state index contributed by atoms with van der Waals surface area (Å²) in [5, 5.41) is 20.5. The summed E-state index contributed by atoms with van der Waals surface area (Å²) < 4.78 is 41.1. The number of aromatic hydroxyl groups is 1. The molecule has 0 spiro atoms. The van der Waals surface area contributed by atoms with Crippen molar-refractivity contribution < 1.29 is 28.2 Å². The van der Waals surface area contributed by atoms with Gasteiger partial charge in [-0.1, -0.05) is 19.1 Å². The lowest BCUT2D eigenvalue weighted by Gasteiger charge is -2.36. The Kier molecular flexibility index (Phi) is 3.75. The molecule has 0 unspecified atom stereocenters. The van der Waals surface area contributed by atoms with Gasteiger partial charge in [0.2, 0.25) is 0 Å². The largest absolute Gasteiger partial charge is 0.507 e. The molecule has 0 bridgehead atoms. The Morgan fingerprint density at radius 3 is 2.67 bits per heavy atom. The number of phenolic OH excluding ortho intramolecular Hbond substituents is 1. The first-order chi connectivity index (χ1) is 11.2. The number of rotatable bonds is 1. The molecule has 0 fully saturated rings. The molecule has 1 aliphatic heterocycles. The normalized spacial score (nSPS) is 27.0. The Hall–Kier alpha value is -2.22. The van der Waals surface area contributed by atoms with Crippen LogP contribution in [0.15, 0.2) is 35.5 Å². The van der Waals surface area contributed by atoms with Gasteiger partial charge >= 0.3 is 6.18 Å². The molecule has 1 amide bonds. The monoisotopic (exact) mass is 342 g/mol. The van der Waals surface area contributed by atoms with Crippen LogP contribution in [0.25, 0.3) is 0 Å². The van der Waals surface area contributed by atoms with Crippen molar-refractivity contribution in [3.8, 4) is 5.75 Å². The molecule has 0 radical (unpaired) electrons. The lowest BCUT2D eigenvalue weighted by Crippen LogP contribution is -2.62. The number of hydrazine groups is 1. The van der Waals surface area contributed by atoms with E-state index in [1.807, 2.05) is 0 Å². The topological polar surface area (TPSA) is 72.8 Å². The predicted octanol–water partition coefficient (Wildman–Crippen LogP) is 2.68. The highest BCUT2D eigenvalue weighted by atomic mass is 19.4. The molecule has 2 aliphatic rings. The van der Waals surface area contributed by atoms with Crippen LogP contribution in [0.5, 0.6) is 5.75 Å². The SMILES string of the molecule is C[C@H]1CCCC2=C1NN(C(=O)c1ccccc1O)[C@@]2(O)C(F)(F)F. The zero-order valence-corrected chi connectivity index (χ0v) is 12.9. The second-order valence-corrected chi connectivity index (χ2v) is 6.12. The highest BCUT2D eigenvalue weighted by Crippen LogP contribution is 2.49. The molecule has 1 heterocycles. The fourth-order valence-electron chi connectivity index (χ4n) is 3.31. The molecular weight excluding hydrogens is 325 g/mol.